The van der Waals surface area contributed by atoms with Crippen molar-refractivity contribution in [3.63, 3.8) is 0 Å². The molecule has 0 bridgehead atoms. The molecule has 0 heterocycles. The van der Waals surface area contributed by atoms with Gasteiger partial charge in [-0.1, -0.05) is 0 Å². The van der Waals surface area contributed by atoms with E-state index in [4.69, 9.17) is 0 Å². The van der Waals surface area contributed by atoms with Gasteiger partial charge in [0, 0.05) is 19.6 Å². The molecule has 0 aliphatic heterocycles. The molecule has 70 valence electrons. The summed E-state index contributed by atoms with van der Waals surface area (Å²) in [4.78, 5) is 13.0. The minimum absolute atomic E-state index is 0.0527. The third-order valence-electron chi connectivity index (χ3n) is 2.50. The monoisotopic (exact) mass is 170 g/mol. The Bertz CT molecular complexity index is 166. The van der Waals surface area contributed by atoms with Gasteiger partial charge in [-0.05, 0) is 32.6 Å². The van der Waals surface area contributed by atoms with Crippen molar-refractivity contribution in [2.75, 3.05) is 13.6 Å². The van der Waals surface area contributed by atoms with E-state index in [1.807, 2.05) is 14.0 Å². The zero-order valence-corrected chi connectivity index (χ0v) is 8.13. The van der Waals surface area contributed by atoms with Crippen LogP contribution >= 0.6 is 0 Å². The fourth-order valence-corrected chi connectivity index (χ4v) is 1.16. The summed E-state index contributed by atoms with van der Waals surface area (Å²) in [6.45, 7) is 4.82. The molecule has 2 amide bonds. The fourth-order valence-electron chi connectivity index (χ4n) is 1.16. The number of hydrogen-bond acceptors (Lipinski definition) is 1. The minimum atomic E-state index is 0.0527. The van der Waals surface area contributed by atoms with Crippen molar-refractivity contribution in [2.45, 2.75) is 32.7 Å². The van der Waals surface area contributed by atoms with Gasteiger partial charge in [0.15, 0.2) is 0 Å². The van der Waals surface area contributed by atoms with Gasteiger partial charge in [0.1, 0.15) is 0 Å². The van der Waals surface area contributed by atoms with Crippen LogP contribution in [0, 0.1) is 5.92 Å². The number of hydrogen-bond donors (Lipinski definition) is 1. The van der Waals surface area contributed by atoms with E-state index in [1.54, 1.807) is 4.90 Å². The molecule has 1 N–H and O–H groups in total. The van der Waals surface area contributed by atoms with Crippen molar-refractivity contribution in [3.05, 3.63) is 0 Å². The number of amides is 2. The van der Waals surface area contributed by atoms with Crippen LogP contribution in [-0.4, -0.2) is 30.6 Å². The van der Waals surface area contributed by atoms with Gasteiger partial charge in [-0.25, -0.2) is 4.79 Å². The summed E-state index contributed by atoms with van der Waals surface area (Å²) in [5, 5.41) is 2.98. The smallest absolute Gasteiger partial charge is 0.317 e. The molecular weight excluding hydrogens is 152 g/mol. The number of carbonyl (C=O) groups is 1. The summed E-state index contributed by atoms with van der Waals surface area (Å²) in [6.07, 6.45) is 2.55. The Morgan fingerprint density at radius 2 is 2.25 bits per heavy atom. The molecule has 1 aliphatic carbocycles. The Balaban J connectivity index is 2.24. The van der Waals surface area contributed by atoms with Crippen molar-refractivity contribution in [2.24, 2.45) is 5.92 Å². The molecule has 0 aromatic rings. The van der Waals surface area contributed by atoms with Gasteiger partial charge in [-0.3, -0.25) is 0 Å². The van der Waals surface area contributed by atoms with Crippen LogP contribution in [0.15, 0.2) is 0 Å². The van der Waals surface area contributed by atoms with Gasteiger partial charge in [0.25, 0.3) is 0 Å². The van der Waals surface area contributed by atoms with Gasteiger partial charge < -0.3 is 10.2 Å². The molecule has 1 fully saturated rings. The molecule has 0 aromatic carbocycles. The maximum absolute atomic E-state index is 11.3. The first-order valence-electron chi connectivity index (χ1n) is 4.66. The van der Waals surface area contributed by atoms with E-state index in [0.717, 1.165) is 12.5 Å². The zero-order valence-electron chi connectivity index (χ0n) is 8.13. The predicted molar refractivity (Wildman–Crippen MR) is 49.0 cm³/mol. The second kappa shape index (κ2) is 3.78. The lowest BCUT2D eigenvalue weighted by Crippen LogP contribution is -2.42. The van der Waals surface area contributed by atoms with E-state index in [9.17, 15) is 4.79 Å². The number of rotatable bonds is 3. The van der Waals surface area contributed by atoms with Crippen LogP contribution in [0.2, 0.25) is 0 Å². The van der Waals surface area contributed by atoms with Crippen molar-refractivity contribution in [3.8, 4) is 0 Å². The molecular formula is C9H18N2O. The second-order valence-electron chi connectivity index (χ2n) is 3.59. The van der Waals surface area contributed by atoms with Crippen LogP contribution in [0.1, 0.15) is 26.7 Å². The normalized spacial score (nSPS) is 18.6. The molecule has 1 saturated carbocycles. The molecule has 0 spiro atoms. The number of nitrogens with one attached hydrogen (secondary N) is 1. The highest BCUT2D eigenvalue weighted by atomic mass is 16.2. The topological polar surface area (TPSA) is 32.3 Å². The lowest BCUT2D eigenvalue weighted by Gasteiger charge is -2.19. The Hall–Kier alpha value is -0.730. The molecule has 1 rings (SSSR count). The molecule has 0 saturated heterocycles. The summed E-state index contributed by atoms with van der Waals surface area (Å²) >= 11 is 0. The average molecular weight is 170 g/mol. The molecule has 0 radical (unpaired) electrons. The first-order valence-corrected chi connectivity index (χ1v) is 4.66. The lowest BCUT2D eigenvalue weighted by molar-refractivity contribution is 0.206. The van der Waals surface area contributed by atoms with Crippen LogP contribution in [0.5, 0.6) is 0 Å². The van der Waals surface area contributed by atoms with E-state index in [-0.39, 0.29) is 6.03 Å². The zero-order chi connectivity index (χ0) is 9.14. The van der Waals surface area contributed by atoms with Gasteiger partial charge >= 0.3 is 6.03 Å². The molecule has 3 nitrogen and oxygen atoms in total. The van der Waals surface area contributed by atoms with Crippen molar-refractivity contribution >= 4 is 6.03 Å². The average Bonchev–Trinajstić information content (AvgIpc) is 2.84. The maximum Gasteiger partial charge on any atom is 0.317 e. The second-order valence-corrected chi connectivity index (χ2v) is 3.59. The lowest BCUT2D eigenvalue weighted by atomic mass is 10.2. The molecule has 1 unspecified atom stereocenters. The summed E-state index contributed by atoms with van der Waals surface area (Å²) in [5.41, 5.74) is 0. The highest BCUT2D eigenvalue weighted by Crippen LogP contribution is 2.32. The van der Waals surface area contributed by atoms with E-state index in [1.165, 1.54) is 12.8 Å². The van der Waals surface area contributed by atoms with Crippen molar-refractivity contribution < 1.29 is 4.79 Å². The molecule has 1 aliphatic rings. The summed E-state index contributed by atoms with van der Waals surface area (Å²) < 4.78 is 0. The van der Waals surface area contributed by atoms with Gasteiger partial charge in [0.05, 0.1) is 0 Å². The van der Waals surface area contributed by atoms with Gasteiger partial charge in [0.2, 0.25) is 0 Å². The van der Waals surface area contributed by atoms with E-state index >= 15 is 0 Å². The third kappa shape index (κ3) is 2.40. The summed E-state index contributed by atoms with van der Waals surface area (Å²) in [7, 11) is 1.81. The Labute approximate surface area is 74.1 Å². The quantitative estimate of drug-likeness (QED) is 0.683. The standard InChI is InChI=1S/C9H18N2O/c1-4-11(3)9(12)10-7(2)8-5-6-8/h7-8H,4-6H2,1-3H3,(H,10,12). The maximum atomic E-state index is 11.3. The van der Waals surface area contributed by atoms with E-state index in [0.29, 0.717) is 6.04 Å². The van der Waals surface area contributed by atoms with E-state index in [2.05, 4.69) is 12.2 Å². The molecule has 3 heteroatoms. The van der Waals surface area contributed by atoms with Crippen LogP contribution in [0.25, 0.3) is 0 Å². The highest BCUT2D eigenvalue weighted by molar-refractivity contribution is 5.74. The molecule has 1 atom stereocenters. The van der Waals surface area contributed by atoms with Gasteiger partial charge in [-0.15, -0.1) is 0 Å². The summed E-state index contributed by atoms with van der Waals surface area (Å²) in [5.74, 6) is 0.735. The number of carbonyl (C=O) groups excluding carboxylic acids is 1. The molecule has 0 aromatic heterocycles. The van der Waals surface area contributed by atoms with Crippen LogP contribution in [0.3, 0.4) is 0 Å². The van der Waals surface area contributed by atoms with Crippen molar-refractivity contribution in [1.82, 2.24) is 10.2 Å². The van der Waals surface area contributed by atoms with Crippen LogP contribution in [0.4, 0.5) is 4.79 Å². The Kier molecular flexibility index (Phi) is 2.95. The van der Waals surface area contributed by atoms with Crippen LogP contribution < -0.4 is 5.32 Å². The van der Waals surface area contributed by atoms with Crippen molar-refractivity contribution in [1.29, 1.82) is 0 Å². The van der Waals surface area contributed by atoms with Gasteiger partial charge in [-0.2, -0.15) is 0 Å². The third-order valence-corrected chi connectivity index (χ3v) is 2.50. The van der Waals surface area contributed by atoms with Crippen LogP contribution in [-0.2, 0) is 0 Å². The highest BCUT2D eigenvalue weighted by Gasteiger charge is 2.29. The first kappa shape index (κ1) is 9.36. The minimum Gasteiger partial charge on any atom is -0.335 e. The largest absolute Gasteiger partial charge is 0.335 e. The SMILES string of the molecule is CCN(C)C(=O)NC(C)C1CC1. The summed E-state index contributed by atoms with van der Waals surface area (Å²) in [6, 6.07) is 0.406. The fraction of sp³-hybridized carbons (Fsp3) is 0.889. The van der Waals surface area contributed by atoms with E-state index < -0.39 is 0 Å². The Morgan fingerprint density at radius 3 is 2.67 bits per heavy atom. The molecule has 12 heavy (non-hydrogen) atoms. The Morgan fingerprint density at radius 1 is 1.67 bits per heavy atom. The predicted octanol–water partition coefficient (Wildman–Crippen LogP) is 1.45. The number of nitrogens with zero attached hydrogens (tertiary/aromatic N) is 1. The number of urea groups is 1. The first-order chi connectivity index (χ1) is 5.65.